The summed E-state index contributed by atoms with van der Waals surface area (Å²) in [5.41, 5.74) is 6.11. The summed E-state index contributed by atoms with van der Waals surface area (Å²) >= 11 is 0. The van der Waals surface area contributed by atoms with E-state index >= 15 is 0 Å². The topological polar surface area (TPSA) is 169 Å². The zero-order chi connectivity index (χ0) is 38.7. The van der Waals surface area contributed by atoms with Gasteiger partial charge in [-0.15, -0.1) is 0 Å². The van der Waals surface area contributed by atoms with E-state index in [-0.39, 0.29) is 54.3 Å². The zero-order valence-corrected chi connectivity index (χ0v) is 31.2. The molecule has 5 aromatic rings. The molecule has 3 N–H and O–H groups in total. The molecule has 1 unspecified atom stereocenters. The Bertz CT molecular complexity index is 2530. The maximum atomic E-state index is 14.0. The average molecular weight is 776 g/mol. The van der Waals surface area contributed by atoms with Crippen LogP contribution in [0.1, 0.15) is 43.2 Å². The molecule has 4 aliphatic rings. The highest BCUT2D eigenvalue weighted by atomic mass is 32.2. The lowest BCUT2D eigenvalue weighted by molar-refractivity contribution is 0.0974. The highest BCUT2D eigenvalue weighted by molar-refractivity contribution is 7.86. The molecule has 4 aliphatic heterocycles. The molecule has 0 radical (unpaired) electrons. The second-order valence-corrected chi connectivity index (χ2v) is 15.5. The van der Waals surface area contributed by atoms with Crippen LogP contribution in [0.15, 0.2) is 91.0 Å². The number of rotatable bonds is 9. The third kappa shape index (κ3) is 6.08. The first-order chi connectivity index (χ1) is 27.1. The van der Waals surface area contributed by atoms with Crippen molar-refractivity contribution in [3.63, 3.8) is 0 Å². The number of ether oxygens (including phenoxy) is 4. The van der Waals surface area contributed by atoms with Gasteiger partial charge in [-0.25, -0.2) is 0 Å². The van der Waals surface area contributed by atoms with Crippen molar-refractivity contribution >= 4 is 44.7 Å². The number of carbonyl (C=O) groups is 2. The Morgan fingerprint density at radius 1 is 0.714 bits per heavy atom. The predicted octanol–water partition coefficient (Wildman–Crippen LogP) is 5.46. The maximum absolute atomic E-state index is 14.0. The van der Waals surface area contributed by atoms with Gasteiger partial charge in [0.15, 0.2) is 28.4 Å². The van der Waals surface area contributed by atoms with E-state index in [1.54, 1.807) is 30.3 Å². The largest absolute Gasteiger partial charge is 0.493 e. The molecule has 0 aliphatic carbocycles. The molecule has 56 heavy (non-hydrogen) atoms. The van der Waals surface area contributed by atoms with Crippen molar-refractivity contribution in [3.8, 4) is 23.0 Å². The molecule has 3 atom stereocenters. The number of hydrogen-bond donors (Lipinski definition) is 3. The Hall–Kier alpha value is -6.32. The van der Waals surface area contributed by atoms with E-state index in [9.17, 15) is 22.6 Å². The summed E-state index contributed by atoms with van der Waals surface area (Å²) < 4.78 is 59.3. The van der Waals surface area contributed by atoms with E-state index in [1.807, 2.05) is 47.4 Å². The second-order valence-electron chi connectivity index (χ2n) is 14.0. The molecule has 0 spiro atoms. The van der Waals surface area contributed by atoms with Gasteiger partial charge in [-0.3, -0.25) is 19.1 Å². The molecule has 4 aromatic carbocycles. The Kier molecular flexibility index (Phi) is 8.70. The van der Waals surface area contributed by atoms with Gasteiger partial charge >= 0.3 is 0 Å². The molecular weight excluding hydrogens is 739 g/mol. The normalized spacial score (nSPS) is 19.2. The van der Waals surface area contributed by atoms with Gasteiger partial charge in [-0.1, -0.05) is 42.5 Å². The Morgan fingerprint density at radius 3 is 1.89 bits per heavy atom. The number of amides is 2. The van der Waals surface area contributed by atoms with Crippen molar-refractivity contribution in [1.29, 1.82) is 0 Å². The molecule has 14 nitrogen and oxygen atoms in total. The standard InChI is InChI=1S/C41H37N5O9S/c1-52-35-16-28-30(42-20-27-14-23-8-3-5-12-32(23)45(27)40(28)47)18-37(35)54-21-25-10-7-11-26(43-25)22-55-38-19-31-29(17-36(38)53-2)41(48)46-33-13-6-4-9-24(33)15-34(46)39(44-31)56(49,50)51/h3-13,16-19,27,34,39,42,44H,14-15,20-22H2,1-2H3,(H,49,50,51)/t27-,34-,39?/m0/s1. The number of fused-ring (bicyclic) bond motifs is 8. The highest BCUT2D eigenvalue weighted by Gasteiger charge is 2.47. The molecule has 2 amide bonds. The number of pyridine rings is 1. The fourth-order valence-electron chi connectivity index (χ4n) is 8.10. The number of hydrogen-bond acceptors (Lipinski definition) is 11. The van der Waals surface area contributed by atoms with Crippen LogP contribution in [-0.2, 0) is 36.2 Å². The molecule has 15 heteroatoms. The van der Waals surface area contributed by atoms with Gasteiger partial charge in [0.25, 0.3) is 21.9 Å². The molecule has 0 saturated heterocycles. The minimum atomic E-state index is -4.65. The molecule has 0 saturated carbocycles. The quantitative estimate of drug-likeness (QED) is 0.162. The lowest BCUT2D eigenvalue weighted by Gasteiger charge is -2.27. The van der Waals surface area contributed by atoms with Crippen LogP contribution < -0.4 is 39.4 Å². The molecule has 5 heterocycles. The summed E-state index contributed by atoms with van der Waals surface area (Å²) in [4.78, 5) is 35.8. The van der Waals surface area contributed by atoms with Crippen molar-refractivity contribution in [1.82, 2.24) is 4.98 Å². The summed E-state index contributed by atoms with van der Waals surface area (Å²) in [6.07, 6.45) is 1.01. The number of methoxy groups -OCH3 is 2. The number of carbonyl (C=O) groups excluding carboxylic acids is 2. The number of para-hydroxylation sites is 2. The minimum absolute atomic E-state index is 0.00419. The Balaban J connectivity index is 0.927. The lowest BCUT2D eigenvalue weighted by atomic mass is 10.1. The van der Waals surface area contributed by atoms with Gasteiger partial charge in [0.1, 0.15) is 13.2 Å². The third-order valence-corrected chi connectivity index (χ3v) is 11.8. The number of aromatic nitrogens is 1. The van der Waals surface area contributed by atoms with Crippen molar-refractivity contribution in [2.24, 2.45) is 0 Å². The SMILES string of the molecule is COc1cc2c(cc1OCc1cccc(COc3cc4c(cc3OC)C(=O)N3c5ccccc5C[C@H]3C(S(=O)(=O)O)N4)n1)NC[C@@H]1Cc3ccccc3N1C2=O. The van der Waals surface area contributed by atoms with Gasteiger partial charge in [0, 0.05) is 30.1 Å². The Labute approximate surface area is 322 Å². The lowest BCUT2D eigenvalue weighted by Crippen LogP contribution is -2.49. The molecule has 0 bridgehead atoms. The Morgan fingerprint density at radius 2 is 1.27 bits per heavy atom. The van der Waals surface area contributed by atoms with E-state index < -0.39 is 27.4 Å². The third-order valence-electron chi connectivity index (χ3n) is 10.7. The number of benzene rings is 4. The number of nitrogens with one attached hydrogen (secondary N) is 2. The summed E-state index contributed by atoms with van der Waals surface area (Å²) in [7, 11) is -1.68. The van der Waals surface area contributed by atoms with Crippen molar-refractivity contribution in [3.05, 3.63) is 125 Å². The van der Waals surface area contributed by atoms with E-state index in [4.69, 9.17) is 23.9 Å². The fraction of sp³-hybridized carbons (Fsp3) is 0.244. The summed E-state index contributed by atoms with van der Waals surface area (Å²) in [5.74, 6) is 0.797. The van der Waals surface area contributed by atoms with Gasteiger partial charge in [-0.05, 0) is 60.4 Å². The van der Waals surface area contributed by atoms with E-state index in [0.717, 1.165) is 23.2 Å². The van der Waals surface area contributed by atoms with E-state index in [2.05, 4.69) is 16.7 Å². The van der Waals surface area contributed by atoms with Crippen LogP contribution in [0.2, 0.25) is 0 Å². The van der Waals surface area contributed by atoms with Crippen LogP contribution in [0.25, 0.3) is 0 Å². The average Bonchev–Trinajstić information content (AvgIpc) is 3.70. The number of nitrogens with zero attached hydrogens (tertiary/aromatic N) is 3. The molecule has 9 rings (SSSR count). The van der Waals surface area contributed by atoms with E-state index in [0.29, 0.717) is 46.4 Å². The van der Waals surface area contributed by atoms with Gasteiger partial charge in [0.2, 0.25) is 0 Å². The summed E-state index contributed by atoms with van der Waals surface area (Å²) in [6, 6.07) is 26.2. The van der Waals surface area contributed by atoms with Crippen molar-refractivity contribution in [2.75, 3.05) is 41.2 Å². The molecule has 1 aromatic heterocycles. The number of anilines is 4. The smallest absolute Gasteiger partial charge is 0.288 e. The monoisotopic (exact) mass is 775 g/mol. The first kappa shape index (κ1) is 35.4. The van der Waals surface area contributed by atoms with Gasteiger partial charge in [-0.2, -0.15) is 8.42 Å². The van der Waals surface area contributed by atoms with Crippen LogP contribution in [0, 0.1) is 0 Å². The second kappa shape index (κ2) is 13.8. The van der Waals surface area contributed by atoms with Gasteiger partial charge < -0.3 is 39.4 Å². The highest BCUT2D eigenvalue weighted by Crippen LogP contribution is 2.44. The molecular formula is C41H37N5O9S. The van der Waals surface area contributed by atoms with Crippen LogP contribution >= 0.6 is 0 Å². The van der Waals surface area contributed by atoms with E-state index in [1.165, 1.54) is 31.3 Å². The van der Waals surface area contributed by atoms with Crippen molar-refractivity contribution in [2.45, 2.75) is 43.5 Å². The minimum Gasteiger partial charge on any atom is -0.493 e. The van der Waals surface area contributed by atoms with Crippen LogP contribution in [0.5, 0.6) is 23.0 Å². The first-order valence-electron chi connectivity index (χ1n) is 18.1. The van der Waals surface area contributed by atoms with Crippen LogP contribution in [0.4, 0.5) is 22.7 Å². The van der Waals surface area contributed by atoms with Gasteiger partial charge in [0.05, 0.1) is 60.2 Å². The summed E-state index contributed by atoms with van der Waals surface area (Å²) in [6.45, 7) is 0.666. The predicted molar refractivity (Wildman–Crippen MR) is 208 cm³/mol. The maximum Gasteiger partial charge on any atom is 0.288 e. The zero-order valence-electron chi connectivity index (χ0n) is 30.4. The fourth-order valence-corrected chi connectivity index (χ4v) is 8.99. The first-order valence-corrected chi connectivity index (χ1v) is 19.6. The molecule has 286 valence electrons. The van der Waals surface area contributed by atoms with Crippen LogP contribution in [-0.4, -0.2) is 68.0 Å². The summed E-state index contributed by atoms with van der Waals surface area (Å²) in [5, 5.41) is 4.86. The molecule has 0 fully saturated rings. The van der Waals surface area contributed by atoms with Crippen LogP contribution in [0.3, 0.4) is 0 Å². The van der Waals surface area contributed by atoms with Crippen molar-refractivity contribution < 1.29 is 41.5 Å².